The molecule has 1 N–H and O–H groups in total. The lowest BCUT2D eigenvalue weighted by Crippen LogP contribution is -2.38. The van der Waals surface area contributed by atoms with Crippen molar-refractivity contribution in [3.63, 3.8) is 0 Å². The molecule has 1 atom stereocenters. The van der Waals surface area contributed by atoms with Crippen molar-refractivity contribution < 1.29 is 9.53 Å². The molecule has 4 nitrogen and oxygen atoms in total. The molecule has 1 saturated heterocycles. The average Bonchev–Trinajstić information content (AvgIpc) is 3.01. The molecule has 1 aromatic carbocycles. The third-order valence-electron chi connectivity index (χ3n) is 3.99. The van der Waals surface area contributed by atoms with Crippen LogP contribution >= 0.6 is 12.4 Å². The topological polar surface area (TPSA) is 41.6 Å². The minimum atomic E-state index is 0. The number of benzene rings is 1. The van der Waals surface area contributed by atoms with Crippen LogP contribution in [0.5, 0.6) is 5.75 Å². The predicted molar refractivity (Wildman–Crippen MR) is 87.2 cm³/mol. The number of halogens is 1. The van der Waals surface area contributed by atoms with E-state index >= 15 is 0 Å². The molecule has 0 aromatic heterocycles. The number of rotatable bonds is 6. The smallest absolute Gasteiger partial charge is 0.222 e. The first kappa shape index (κ1) is 17.8. The standard InChI is InChI=1S/C16H24N2O2.ClH/c1-18(14-10-11-17-12-14)16(19)5-3-4-13-6-8-15(20-2)9-7-13;/h6-9,14,17H,3-5,10-12H2,1-2H3;1H. The molecule has 0 bridgehead atoms. The number of likely N-dealkylation sites (N-methyl/N-ethyl adjacent to an activating group) is 1. The number of nitrogens with zero attached hydrogens (tertiary/aromatic N) is 1. The molecule has 1 amide bonds. The Morgan fingerprint density at radius 3 is 2.67 bits per heavy atom. The van der Waals surface area contributed by atoms with Crippen molar-refractivity contribution in [2.75, 3.05) is 27.2 Å². The number of hydrogen-bond acceptors (Lipinski definition) is 3. The molecule has 1 aliphatic rings. The second-order valence-electron chi connectivity index (χ2n) is 5.35. The van der Waals surface area contributed by atoms with Crippen molar-refractivity contribution in [1.82, 2.24) is 10.2 Å². The van der Waals surface area contributed by atoms with Crippen molar-refractivity contribution in [2.24, 2.45) is 0 Å². The van der Waals surface area contributed by atoms with Crippen LogP contribution in [0.3, 0.4) is 0 Å². The molecule has 21 heavy (non-hydrogen) atoms. The number of ether oxygens (including phenoxy) is 1. The maximum atomic E-state index is 12.1. The molecule has 1 heterocycles. The van der Waals surface area contributed by atoms with Crippen LogP contribution in [-0.2, 0) is 11.2 Å². The normalized spacial score (nSPS) is 17.1. The Morgan fingerprint density at radius 1 is 1.38 bits per heavy atom. The Bertz CT molecular complexity index is 430. The van der Waals surface area contributed by atoms with Gasteiger partial charge in [-0.15, -0.1) is 12.4 Å². The molecule has 0 spiro atoms. The molecule has 118 valence electrons. The lowest BCUT2D eigenvalue weighted by atomic mass is 10.1. The number of methoxy groups -OCH3 is 1. The molecule has 0 aliphatic carbocycles. The molecule has 0 radical (unpaired) electrons. The summed E-state index contributed by atoms with van der Waals surface area (Å²) in [5, 5.41) is 3.30. The zero-order valence-corrected chi connectivity index (χ0v) is 13.6. The van der Waals surface area contributed by atoms with Gasteiger partial charge in [-0.25, -0.2) is 0 Å². The van der Waals surface area contributed by atoms with Crippen molar-refractivity contribution in [2.45, 2.75) is 31.7 Å². The summed E-state index contributed by atoms with van der Waals surface area (Å²) < 4.78 is 5.13. The summed E-state index contributed by atoms with van der Waals surface area (Å²) in [7, 11) is 3.59. The molecule has 5 heteroatoms. The fourth-order valence-electron chi connectivity index (χ4n) is 2.59. The summed E-state index contributed by atoms with van der Waals surface area (Å²) >= 11 is 0. The number of nitrogens with one attached hydrogen (secondary N) is 1. The van der Waals surface area contributed by atoms with Gasteiger partial charge < -0.3 is 15.0 Å². The van der Waals surface area contributed by atoms with E-state index in [1.54, 1.807) is 7.11 Å². The first-order chi connectivity index (χ1) is 9.70. The van der Waals surface area contributed by atoms with E-state index in [1.807, 2.05) is 24.1 Å². The molecule has 1 unspecified atom stereocenters. The summed E-state index contributed by atoms with van der Waals surface area (Å²) in [5.41, 5.74) is 1.25. The van der Waals surface area contributed by atoms with Gasteiger partial charge in [0.2, 0.25) is 5.91 Å². The Morgan fingerprint density at radius 2 is 2.10 bits per heavy atom. The van der Waals surface area contributed by atoms with E-state index in [1.165, 1.54) is 5.56 Å². The van der Waals surface area contributed by atoms with Crippen LogP contribution in [0.15, 0.2) is 24.3 Å². The lowest BCUT2D eigenvalue weighted by Gasteiger charge is -2.23. The minimum Gasteiger partial charge on any atom is -0.497 e. The van der Waals surface area contributed by atoms with Crippen LogP contribution in [0.25, 0.3) is 0 Å². The zero-order valence-electron chi connectivity index (χ0n) is 12.8. The van der Waals surface area contributed by atoms with E-state index in [0.29, 0.717) is 12.5 Å². The highest BCUT2D eigenvalue weighted by molar-refractivity contribution is 5.85. The highest BCUT2D eigenvalue weighted by Gasteiger charge is 2.22. The van der Waals surface area contributed by atoms with Crippen LogP contribution in [0.1, 0.15) is 24.8 Å². The molecule has 1 aliphatic heterocycles. The SMILES string of the molecule is COc1ccc(CCCC(=O)N(C)C2CCNC2)cc1.Cl. The number of hydrogen-bond donors (Lipinski definition) is 1. The third kappa shape index (κ3) is 5.21. The third-order valence-corrected chi connectivity index (χ3v) is 3.99. The van der Waals surface area contributed by atoms with Gasteiger partial charge in [0.25, 0.3) is 0 Å². The summed E-state index contributed by atoms with van der Waals surface area (Å²) in [6.07, 6.45) is 3.53. The first-order valence-corrected chi connectivity index (χ1v) is 7.30. The highest BCUT2D eigenvalue weighted by Crippen LogP contribution is 2.14. The van der Waals surface area contributed by atoms with Crippen LogP contribution in [0.2, 0.25) is 0 Å². The van der Waals surface area contributed by atoms with E-state index in [9.17, 15) is 4.79 Å². The fraction of sp³-hybridized carbons (Fsp3) is 0.562. The monoisotopic (exact) mass is 312 g/mol. The van der Waals surface area contributed by atoms with Crippen molar-refractivity contribution in [3.8, 4) is 5.75 Å². The van der Waals surface area contributed by atoms with Gasteiger partial charge in [-0.2, -0.15) is 0 Å². The first-order valence-electron chi connectivity index (χ1n) is 7.30. The van der Waals surface area contributed by atoms with Crippen LogP contribution in [0.4, 0.5) is 0 Å². The molecular formula is C16H25ClN2O2. The number of amides is 1. The Kier molecular flexibility index (Phi) is 7.54. The Hall–Kier alpha value is -1.26. The van der Waals surface area contributed by atoms with Crippen molar-refractivity contribution in [3.05, 3.63) is 29.8 Å². The number of carbonyl (C=O) groups excluding carboxylic acids is 1. The van der Waals surface area contributed by atoms with E-state index < -0.39 is 0 Å². The van der Waals surface area contributed by atoms with E-state index in [4.69, 9.17) is 4.74 Å². The van der Waals surface area contributed by atoms with Crippen molar-refractivity contribution in [1.29, 1.82) is 0 Å². The van der Waals surface area contributed by atoms with Crippen molar-refractivity contribution >= 4 is 18.3 Å². The summed E-state index contributed by atoms with van der Waals surface area (Å²) in [5.74, 6) is 1.13. The number of carbonyl (C=O) groups is 1. The van der Waals surface area contributed by atoms with Crippen LogP contribution in [-0.4, -0.2) is 44.1 Å². The Labute approximate surface area is 133 Å². The summed E-state index contributed by atoms with van der Waals surface area (Å²) in [6, 6.07) is 8.44. The molecular weight excluding hydrogens is 288 g/mol. The van der Waals surface area contributed by atoms with Gasteiger partial charge in [0.05, 0.1) is 7.11 Å². The lowest BCUT2D eigenvalue weighted by molar-refractivity contribution is -0.131. The largest absolute Gasteiger partial charge is 0.497 e. The van der Waals surface area contributed by atoms with E-state index in [2.05, 4.69) is 17.4 Å². The molecule has 0 saturated carbocycles. The quantitative estimate of drug-likeness (QED) is 0.876. The van der Waals surface area contributed by atoms with Crippen LogP contribution < -0.4 is 10.1 Å². The average molecular weight is 313 g/mol. The number of aryl methyl sites for hydroxylation is 1. The van der Waals surface area contributed by atoms with Gasteiger partial charge >= 0.3 is 0 Å². The van der Waals surface area contributed by atoms with E-state index in [-0.39, 0.29) is 18.3 Å². The Balaban J connectivity index is 0.00000220. The summed E-state index contributed by atoms with van der Waals surface area (Å²) in [6.45, 7) is 1.95. The van der Waals surface area contributed by atoms with Gasteiger partial charge in [0, 0.05) is 26.1 Å². The maximum absolute atomic E-state index is 12.1. The maximum Gasteiger partial charge on any atom is 0.222 e. The van der Waals surface area contributed by atoms with Gasteiger partial charge in [0.15, 0.2) is 0 Å². The summed E-state index contributed by atoms with van der Waals surface area (Å²) in [4.78, 5) is 14.0. The molecule has 2 rings (SSSR count). The molecule has 1 fully saturated rings. The van der Waals surface area contributed by atoms with E-state index in [0.717, 1.165) is 38.1 Å². The fourth-order valence-corrected chi connectivity index (χ4v) is 2.59. The van der Waals surface area contributed by atoms with Gasteiger partial charge in [-0.3, -0.25) is 4.79 Å². The van der Waals surface area contributed by atoms with Crippen LogP contribution in [0, 0.1) is 0 Å². The molecule has 1 aromatic rings. The van der Waals surface area contributed by atoms with Gasteiger partial charge in [0.1, 0.15) is 5.75 Å². The highest BCUT2D eigenvalue weighted by atomic mass is 35.5. The second-order valence-corrected chi connectivity index (χ2v) is 5.35. The predicted octanol–water partition coefficient (Wildman–Crippen LogP) is 2.26. The zero-order chi connectivity index (χ0) is 14.4. The minimum absolute atomic E-state index is 0. The second kappa shape index (κ2) is 8.90. The van der Waals surface area contributed by atoms with Gasteiger partial charge in [-0.1, -0.05) is 12.1 Å². The van der Waals surface area contributed by atoms with Gasteiger partial charge in [-0.05, 0) is 43.5 Å².